The third-order valence-corrected chi connectivity index (χ3v) is 8.15. The van der Waals surface area contributed by atoms with E-state index >= 15 is 0 Å². The molecule has 2 aliphatic heterocycles. The van der Waals surface area contributed by atoms with Crippen LogP contribution in [-0.2, 0) is 22.7 Å². The number of likely N-dealkylation sites (tertiary alicyclic amines) is 1. The van der Waals surface area contributed by atoms with E-state index in [0.717, 1.165) is 23.3 Å². The molecule has 9 heteroatoms. The Kier molecular flexibility index (Phi) is 9.48. The van der Waals surface area contributed by atoms with Crippen molar-refractivity contribution in [3.63, 3.8) is 0 Å². The fourth-order valence-electron chi connectivity index (χ4n) is 5.63. The van der Waals surface area contributed by atoms with Crippen molar-refractivity contribution in [3.05, 3.63) is 65.2 Å². The number of hydrogen-bond acceptors (Lipinski definition) is 6. The van der Waals surface area contributed by atoms with Gasteiger partial charge in [0.15, 0.2) is 0 Å². The lowest BCUT2D eigenvalue weighted by atomic mass is 9.80. The molecule has 0 radical (unpaired) electrons. The highest BCUT2D eigenvalue weighted by atomic mass is 16.5. The summed E-state index contributed by atoms with van der Waals surface area (Å²) in [6.45, 7) is 8.65. The van der Waals surface area contributed by atoms with Crippen LogP contribution in [0.2, 0.25) is 0 Å². The molecule has 9 nitrogen and oxygen atoms in total. The maximum atomic E-state index is 13.4. The first-order valence-electron chi connectivity index (χ1n) is 14.2. The van der Waals surface area contributed by atoms with E-state index in [1.54, 1.807) is 12.0 Å². The number of carbonyl (C=O) groups excluding carboxylic acids is 3. The summed E-state index contributed by atoms with van der Waals surface area (Å²) in [6.07, 6.45) is 0.914. The molecule has 2 fully saturated rings. The van der Waals surface area contributed by atoms with Crippen LogP contribution in [0, 0.1) is 5.92 Å². The van der Waals surface area contributed by atoms with Crippen molar-refractivity contribution >= 4 is 17.7 Å². The van der Waals surface area contributed by atoms with Gasteiger partial charge in [0, 0.05) is 38.3 Å². The van der Waals surface area contributed by atoms with E-state index in [2.05, 4.69) is 15.5 Å². The molecule has 4 rings (SSSR count). The zero-order valence-electron chi connectivity index (χ0n) is 24.0. The second kappa shape index (κ2) is 12.8. The molecule has 0 unspecified atom stereocenters. The third kappa shape index (κ3) is 6.31. The van der Waals surface area contributed by atoms with E-state index < -0.39 is 17.7 Å². The molecule has 0 bridgehead atoms. The Morgan fingerprint density at radius 3 is 2.27 bits per heavy atom. The number of piperidine rings is 1. The fraction of sp³-hybridized carbons (Fsp3) is 0.516. The molecule has 0 aliphatic carbocycles. The van der Waals surface area contributed by atoms with E-state index in [9.17, 15) is 19.5 Å². The molecule has 0 saturated carbocycles. The van der Waals surface area contributed by atoms with Gasteiger partial charge < -0.3 is 25.4 Å². The summed E-state index contributed by atoms with van der Waals surface area (Å²) in [6, 6.07) is 14.3. The van der Waals surface area contributed by atoms with Gasteiger partial charge in [-0.25, -0.2) is 0 Å². The van der Waals surface area contributed by atoms with Crippen LogP contribution in [0.1, 0.15) is 61.5 Å². The third-order valence-electron chi connectivity index (χ3n) is 8.15. The molecular formula is C31H42N4O5. The van der Waals surface area contributed by atoms with Gasteiger partial charge in [-0.1, -0.05) is 45.0 Å². The predicted octanol–water partition coefficient (Wildman–Crippen LogP) is 2.71. The molecule has 2 heterocycles. The number of hydrogen-bond donors (Lipinski definition) is 3. The second-order valence-corrected chi connectivity index (χ2v) is 11.2. The van der Waals surface area contributed by atoms with Crippen molar-refractivity contribution in [1.82, 2.24) is 20.4 Å². The number of amides is 3. The highest BCUT2D eigenvalue weighted by molar-refractivity contribution is 6.00. The first-order valence-corrected chi connectivity index (χ1v) is 14.2. The Hall–Kier alpha value is -3.43. The lowest BCUT2D eigenvalue weighted by Crippen LogP contribution is -2.74. The summed E-state index contributed by atoms with van der Waals surface area (Å²) in [7, 11) is 1.62. The van der Waals surface area contributed by atoms with Crippen molar-refractivity contribution < 1.29 is 24.2 Å². The van der Waals surface area contributed by atoms with E-state index in [0.29, 0.717) is 51.1 Å². The molecule has 0 aromatic heterocycles. The summed E-state index contributed by atoms with van der Waals surface area (Å²) in [5, 5.41) is 16.4. The van der Waals surface area contributed by atoms with Crippen LogP contribution in [0.25, 0.3) is 0 Å². The zero-order valence-corrected chi connectivity index (χ0v) is 24.0. The van der Waals surface area contributed by atoms with Crippen LogP contribution >= 0.6 is 0 Å². The largest absolute Gasteiger partial charge is 0.497 e. The first-order chi connectivity index (χ1) is 19.2. The van der Waals surface area contributed by atoms with E-state index in [1.807, 2.05) is 69.3 Å². The van der Waals surface area contributed by atoms with Gasteiger partial charge in [0.2, 0.25) is 11.8 Å². The number of piperazine rings is 1. The van der Waals surface area contributed by atoms with Gasteiger partial charge >= 0.3 is 0 Å². The van der Waals surface area contributed by atoms with Crippen molar-refractivity contribution in [3.8, 4) is 5.75 Å². The van der Waals surface area contributed by atoms with Gasteiger partial charge in [-0.05, 0) is 60.6 Å². The first kappa shape index (κ1) is 29.6. The van der Waals surface area contributed by atoms with Crippen LogP contribution < -0.4 is 15.4 Å². The highest BCUT2D eigenvalue weighted by Crippen LogP contribution is 2.34. The molecule has 2 saturated heterocycles. The van der Waals surface area contributed by atoms with Crippen molar-refractivity contribution in [2.24, 2.45) is 5.92 Å². The molecule has 216 valence electrons. The number of aliphatic hydroxyl groups is 1. The number of nitrogens with zero attached hydrogens (tertiary/aromatic N) is 2. The number of carbonyl (C=O) groups is 3. The van der Waals surface area contributed by atoms with Gasteiger partial charge in [-0.2, -0.15) is 0 Å². The predicted molar refractivity (Wildman–Crippen MR) is 153 cm³/mol. The Balaban J connectivity index is 1.33. The molecule has 1 spiro atoms. The Bertz CT molecular complexity index is 1170. The molecule has 40 heavy (non-hydrogen) atoms. The smallest absolute Gasteiger partial charge is 0.251 e. The number of benzene rings is 2. The maximum absolute atomic E-state index is 13.4. The van der Waals surface area contributed by atoms with Gasteiger partial charge in [0.25, 0.3) is 5.91 Å². The van der Waals surface area contributed by atoms with Crippen LogP contribution in [0.4, 0.5) is 0 Å². The molecule has 2 atom stereocenters. The normalized spacial score (nSPS) is 19.9. The molecular weight excluding hydrogens is 508 g/mol. The average Bonchev–Trinajstić information content (AvgIpc) is 2.97. The lowest BCUT2D eigenvalue weighted by Gasteiger charge is -2.52. The van der Waals surface area contributed by atoms with Crippen molar-refractivity contribution in [1.29, 1.82) is 0 Å². The van der Waals surface area contributed by atoms with Crippen LogP contribution in [-0.4, -0.2) is 77.1 Å². The van der Waals surface area contributed by atoms with Crippen molar-refractivity contribution in [2.45, 2.75) is 70.8 Å². The monoisotopic (exact) mass is 550 g/mol. The van der Waals surface area contributed by atoms with Crippen LogP contribution in [0.3, 0.4) is 0 Å². The minimum atomic E-state index is -0.916. The standard InChI is InChI=1S/C31H42N4O5/c1-5-16-35-29(38)26(27(36)21(2)3)33-30(39)31(35)14-17-34(18-15-31)20-23-6-10-24(11-7-23)28(37)32-19-22-8-12-25(40-4)13-9-22/h6-13,21,26-27,36H,5,14-20H2,1-4H3,(H,32,37)(H,33,39)/t26-,27-/m1/s1. The lowest BCUT2D eigenvalue weighted by molar-refractivity contribution is -0.165. The minimum Gasteiger partial charge on any atom is -0.497 e. The van der Waals surface area contributed by atoms with E-state index in [-0.39, 0.29) is 23.6 Å². The zero-order chi connectivity index (χ0) is 28.9. The Labute approximate surface area is 236 Å². The second-order valence-electron chi connectivity index (χ2n) is 11.2. The maximum Gasteiger partial charge on any atom is 0.251 e. The molecule has 2 aromatic rings. The summed E-state index contributed by atoms with van der Waals surface area (Å²) >= 11 is 0. The highest BCUT2D eigenvalue weighted by Gasteiger charge is 2.54. The summed E-state index contributed by atoms with van der Waals surface area (Å²) in [5.41, 5.74) is 1.80. The van der Waals surface area contributed by atoms with Crippen LogP contribution in [0.5, 0.6) is 5.75 Å². The van der Waals surface area contributed by atoms with Crippen molar-refractivity contribution in [2.75, 3.05) is 26.7 Å². The molecule has 2 aromatic carbocycles. The van der Waals surface area contributed by atoms with Gasteiger partial charge in [-0.3, -0.25) is 19.3 Å². The summed E-state index contributed by atoms with van der Waals surface area (Å²) in [5.74, 6) is 0.164. The van der Waals surface area contributed by atoms with E-state index in [1.165, 1.54) is 0 Å². The van der Waals surface area contributed by atoms with Gasteiger partial charge in [-0.15, -0.1) is 0 Å². The molecule has 3 amide bonds. The van der Waals surface area contributed by atoms with Gasteiger partial charge in [0.05, 0.1) is 13.2 Å². The molecule has 3 N–H and O–H groups in total. The number of nitrogens with one attached hydrogen (secondary N) is 2. The fourth-order valence-corrected chi connectivity index (χ4v) is 5.63. The summed E-state index contributed by atoms with van der Waals surface area (Å²) in [4.78, 5) is 43.4. The minimum absolute atomic E-state index is 0.132. The Morgan fingerprint density at radius 2 is 1.70 bits per heavy atom. The number of ether oxygens (including phenoxy) is 1. The average molecular weight is 551 g/mol. The summed E-state index contributed by atoms with van der Waals surface area (Å²) < 4.78 is 5.17. The SMILES string of the molecule is CCCN1C(=O)[C@@H]([C@H](O)C(C)C)NC(=O)C12CCN(Cc1ccc(C(=O)NCc3ccc(OC)cc3)cc1)CC2. The van der Waals surface area contributed by atoms with E-state index in [4.69, 9.17) is 4.74 Å². The number of methoxy groups -OCH3 is 1. The van der Waals surface area contributed by atoms with Crippen LogP contribution in [0.15, 0.2) is 48.5 Å². The quantitative estimate of drug-likeness (QED) is 0.420. The Morgan fingerprint density at radius 1 is 1.07 bits per heavy atom. The number of aliphatic hydroxyl groups excluding tert-OH is 1. The topological polar surface area (TPSA) is 111 Å². The number of rotatable bonds is 10. The van der Waals surface area contributed by atoms with Gasteiger partial charge in [0.1, 0.15) is 17.3 Å². The molecule has 2 aliphatic rings.